The Balaban J connectivity index is 1.62. The minimum absolute atomic E-state index is 0.175. The zero-order valence-electron chi connectivity index (χ0n) is 15.2. The Kier molecular flexibility index (Phi) is 5.94. The molecule has 3 aromatic rings. The predicted octanol–water partition coefficient (Wildman–Crippen LogP) is 2.60. The zero-order chi connectivity index (χ0) is 21.0. The Bertz CT molecular complexity index is 1150. The van der Waals surface area contributed by atoms with Crippen LogP contribution in [-0.2, 0) is 9.53 Å². The molecule has 148 valence electrons. The van der Waals surface area contributed by atoms with Crippen molar-refractivity contribution in [3.8, 4) is 0 Å². The minimum Gasteiger partial charge on any atom is -0.450 e. The van der Waals surface area contributed by atoms with Crippen molar-refractivity contribution in [2.75, 3.05) is 19.0 Å². The highest BCUT2D eigenvalue weighted by molar-refractivity contribution is 6.31. The van der Waals surface area contributed by atoms with Gasteiger partial charge in [0, 0.05) is 29.4 Å². The number of halogens is 1. The minimum atomic E-state index is -0.955. The number of carbonyl (C=O) groups is 3. The molecule has 8 nitrogen and oxygen atoms in total. The molecule has 0 spiro atoms. The standard InChI is InChI=1S/C20H15ClN2O6/c1-22-19(26)11-2-5-13(6-3-11)23-18(25)10-28-20(27)17-9-15(24)14-8-12(21)4-7-16(14)29-17/h2-9H,10H2,1H3,(H,22,26)(H,23,25). The molecule has 0 radical (unpaired) electrons. The van der Waals surface area contributed by atoms with Crippen LogP contribution in [0.25, 0.3) is 11.0 Å². The number of hydrogen-bond acceptors (Lipinski definition) is 6. The predicted molar refractivity (Wildman–Crippen MR) is 106 cm³/mol. The summed E-state index contributed by atoms with van der Waals surface area (Å²) in [5, 5.41) is 5.60. The zero-order valence-corrected chi connectivity index (χ0v) is 15.9. The van der Waals surface area contributed by atoms with E-state index < -0.39 is 23.9 Å². The molecule has 2 amide bonds. The lowest BCUT2D eigenvalue weighted by atomic mass is 10.2. The first kappa shape index (κ1) is 20.1. The van der Waals surface area contributed by atoms with Crippen LogP contribution in [0.1, 0.15) is 20.9 Å². The van der Waals surface area contributed by atoms with Crippen LogP contribution in [-0.4, -0.2) is 31.4 Å². The molecular weight excluding hydrogens is 400 g/mol. The molecule has 29 heavy (non-hydrogen) atoms. The van der Waals surface area contributed by atoms with Gasteiger partial charge in [-0.25, -0.2) is 4.79 Å². The number of hydrogen-bond donors (Lipinski definition) is 2. The molecule has 0 fully saturated rings. The first-order chi connectivity index (χ1) is 13.9. The number of esters is 1. The quantitative estimate of drug-likeness (QED) is 0.620. The van der Waals surface area contributed by atoms with Crippen LogP contribution in [0.4, 0.5) is 5.69 Å². The number of nitrogens with one attached hydrogen (secondary N) is 2. The number of rotatable bonds is 5. The number of ether oxygens (including phenoxy) is 1. The third-order valence-corrected chi connectivity index (χ3v) is 4.12. The molecule has 0 aliphatic carbocycles. The van der Waals surface area contributed by atoms with E-state index in [1.54, 1.807) is 0 Å². The molecule has 1 aromatic heterocycles. The van der Waals surface area contributed by atoms with Gasteiger partial charge in [-0.1, -0.05) is 11.6 Å². The lowest BCUT2D eigenvalue weighted by Gasteiger charge is -2.07. The van der Waals surface area contributed by atoms with Crippen LogP contribution in [0, 0.1) is 0 Å². The SMILES string of the molecule is CNC(=O)c1ccc(NC(=O)COC(=O)c2cc(=O)c3cc(Cl)ccc3o2)cc1. The molecule has 0 aliphatic rings. The van der Waals surface area contributed by atoms with Crippen LogP contribution >= 0.6 is 11.6 Å². The lowest BCUT2D eigenvalue weighted by Crippen LogP contribution is -2.21. The summed E-state index contributed by atoms with van der Waals surface area (Å²) in [5.41, 5.74) is 0.577. The van der Waals surface area contributed by atoms with Crippen LogP contribution in [0.2, 0.25) is 5.02 Å². The van der Waals surface area contributed by atoms with Crippen LogP contribution in [0.3, 0.4) is 0 Å². The molecular formula is C20H15ClN2O6. The maximum absolute atomic E-state index is 12.1. The number of anilines is 1. The average molecular weight is 415 g/mol. The average Bonchev–Trinajstić information content (AvgIpc) is 2.72. The maximum atomic E-state index is 12.1. The monoisotopic (exact) mass is 414 g/mol. The molecule has 0 saturated heterocycles. The summed E-state index contributed by atoms with van der Waals surface area (Å²) < 4.78 is 10.2. The molecule has 0 aliphatic heterocycles. The number of carbonyl (C=O) groups excluding carboxylic acids is 3. The van der Waals surface area contributed by atoms with E-state index in [2.05, 4.69) is 10.6 Å². The first-order valence-corrected chi connectivity index (χ1v) is 8.77. The second-order valence-corrected chi connectivity index (χ2v) is 6.33. The Morgan fingerprint density at radius 1 is 1.07 bits per heavy atom. The number of fused-ring (bicyclic) bond motifs is 1. The summed E-state index contributed by atoms with van der Waals surface area (Å²) >= 11 is 5.84. The van der Waals surface area contributed by atoms with Crippen molar-refractivity contribution in [3.05, 3.63) is 75.1 Å². The second kappa shape index (κ2) is 8.57. The number of benzene rings is 2. The van der Waals surface area contributed by atoms with Gasteiger partial charge in [0.15, 0.2) is 12.0 Å². The molecule has 3 rings (SSSR count). The van der Waals surface area contributed by atoms with E-state index in [1.165, 1.54) is 49.5 Å². The number of amides is 2. The van der Waals surface area contributed by atoms with Gasteiger partial charge in [-0.15, -0.1) is 0 Å². The van der Waals surface area contributed by atoms with Gasteiger partial charge in [0.05, 0.1) is 5.39 Å². The summed E-state index contributed by atoms with van der Waals surface area (Å²) in [5.74, 6) is -2.13. The van der Waals surface area contributed by atoms with Gasteiger partial charge < -0.3 is 19.8 Å². The molecule has 0 atom stereocenters. The van der Waals surface area contributed by atoms with Gasteiger partial charge in [0.1, 0.15) is 5.58 Å². The van der Waals surface area contributed by atoms with Crippen molar-refractivity contribution in [1.29, 1.82) is 0 Å². The molecule has 0 saturated carbocycles. The van der Waals surface area contributed by atoms with Crippen molar-refractivity contribution < 1.29 is 23.5 Å². The maximum Gasteiger partial charge on any atom is 0.374 e. The Labute approximate surface area is 169 Å². The van der Waals surface area contributed by atoms with Gasteiger partial charge >= 0.3 is 5.97 Å². The van der Waals surface area contributed by atoms with Crippen molar-refractivity contribution in [2.45, 2.75) is 0 Å². The highest BCUT2D eigenvalue weighted by Gasteiger charge is 2.16. The van der Waals surface area contributed by atoms with E-state index in [4.69, 9.17) is 20.8 Å². The Hall–Kier alpha value is -3.65. The largest absolute Gasteiger partial charge is 0.450 e. The van der Waals surface area contributed by atoms with E-state index in [0.717, 1.165) is 6.07 Å². The van der Waals surface area contributed by atoms with Crippen LogP contribution in [0.5, 0.6) is 0 Å². The summed E-state index contributed by atoms with van der Waals surface area (Å²) in [7, 11) is 1.51. The Morgan fingerprint density at radius 2 is 1.79 bits per heavy atom. The van der Waals surface area contributed by atoms with Gasteiger partial charge in [-0.3, -0.25) is 14.4 Å². The van der Waals surface area contributed by atoms with E-state index in [-0.39, 0.29) is 22.6 Å². The van der Waals surface area contributed by atoms with Gasteiger partial charge in [0.25, 0.3) is 11.8 Å². The smallest absolute Gasteiger partial charge is 0.374 e. The van der Waals surface area contributed by atoms with Crippen molar-refractivity contribution >= 4 is 46.0 Å². The van der Waals surface area contributed by atoms with Crippen molar-refractivity contribution in [1.82, 2.24) is 5.32 Å². The fraction of sp³-hybridized carbons (Fsp3) is 0.100. The van der Waals surface area contributed by atoms with Crippen LogP contribution < -0.4 is 16.1 Å². The molecule has 9 heteroatoms. The second-order valence-electron chi connectivity index (χ2n) is 5.90. The highest BCUT2D eigenvalue weighted by Crippen LogP contribution is 2.18. The van der Waals surface area contributed by atoms with Gasteiger partial charge in [0.2, 0.25) is 5.76 Å². The van der Waals surface area contributed by atoms with Crippen molar-refractivity contribution in [2.24, 2.45) is 0 Å². The molecule has 2 aromatic carbocycles. The third kappa shape index (κ3) is 4.80. The Morgan fingerprint density at radius 3 is 2.48 bits per heavy atom. The van der Waals surface area contributed by atoms with Gasteiger partial charge in [-0.2, -0.15) is 0 Å². The van der Waals surface area contributed by atoms with E-state index in [9.17, 15) is 19.2 Å². The van der Waals surface area contributed by atoms with Crippen molar-refractivity contribution in [3.63, 3.8) is 0 Å². The summed E-state index contributed by atoms with van der Waals surface area (Å²) in [6.07, 6.45) is 0. The topological polar surface area (TPSA) is 115 Å². The third-order valence-electron chi connectivity index (χ3n) is 3.88. The summed E-state index contributed by atoms with van der Waals surface area (Å²) in [6, 6.07) is 11.6. The van der Waals surface area contributed by atoms with E-state index in [1.807, 2.05) is 0 Å². The highest BCUT2D eigenvalue weighted by atomic mass is 35.5. The first-order valence-electron chi connectivity index (χ1n) is 8.40. The van der Waals surface area contributed by atoms with Crippen LogP contribution in [0.15, 0.2) is 57.7 Å². The van der Waals surface area contributed by atoms with E-state index >= 15 is 0 Å². The molecule has 0 unspecified atom stereocenters. The van der Waals surface area contributed by atoms with E-state index in [0.29, 0.717) is 16.3 Å². The summed E-state index contributed by atoms with van der Waals surface area (Å²) in [6.45, 7) is -0.585. The summed E-state index contributed by atoms with van der Waals surface area (Å²) in [4.78, 5) is 47.7. The molecule has 2 N–H and O–H groups in total. The van der Waals surface area contributed by atoms with Gasteiger partial charge in [-0.05, 0) is 42.5 Å². The molecule has 1 heterocycles. The fourth-order valence-electron chi connectivity index (χ4n) is 2.48. The normalized spacial score (nSPS) is 10.4. The lowest BCUT2D eigenvalue weighted by molar-refractivity contribution is -0.119. The fourth-order valence-corrected chi connectivity index (χ4v) is 2.65. The molecule has 0 bridgehead atoms.